The molecule has 0 spiro atoms. The second-order valence-corrected chi connectivity index (χ2v) is 5.36. The van der Waals surface area contributed by atoms with Crippen LogP contribution < -0.4 is 10.2 Å². The minimum absolute atomic E-state index is 0.287. The molecule has 0 saturated heterocycles. The van der Waals surface area contributed by atoms with Crippen molar-refractivity contribution >= 4 is 23.5 Å². The predicted molar refractivity (Wildman–Crippen MR) is 79.6 cm³/mol. The molecule has 1 aromatic heterocycles. The summed E-state index contributed by atoms with van der Waals surface area (Å²) in [6.07, 6.45) is 1.54. The molecule has 0 saturated carbocycles. The van der Waals surface area contributed by atoms with E-state index in [-0.39, 0.29) is 5.91 Å². The summed E-state index contributed by atoms with van der Waals surface area (Å²) in [7, 11) is 1.56. The van der Waals surface area contributed by atoms with Crippen molar-refractivity contribution in [3.63, 3.8) is 0 Å². The van der Waals surface area contributed by atoms with E-state index in [2.05, 4.69) is 15.5 Å². The number of hydrogen-bond donors (Lipinski definition) is 1. The molecule has 0 fully saturated rings. The number of nitrogens with zero attached hydrogens (tertiary/aromatic N) is 2. The number of hydrogen-bond acceptors (Lipinski definition) is 5. The summed E-state index contributed by atoms with van der Waals surface area (Å²) in [6, 6.07) is 6.89. The first-order valence-electron chi connectivity index (χ1n) is 6.01. The lowest BCUT2D eigenvalue weighted by molar-refractivity contribution is 0.0955. The van der Waals surface area contributed by atoms with Crippen molar-refractivity contribution in [2.75, 3.05) is 7.11 Å². The molecule has 2 rings (SSSR count). The molecule has 0 radical (unpaired) electrons. The molecule has 0 atom stereocenters. The Morgan fingerprint density at radius 3 is 2.90 bits per heavy atom. The van der Waals surface area contributed by atoms with Crippen LogP contribution in [0.2, 0.25) is 0 Å². The molecule has 0 bridgehead atoms. The number of nitrogens with one attached hydrogen (secondary N) is 1. The van der Waals surface area contributed by atoms with Crippen molar-refractivity contribution < 1.29 is 9.53 Å². The Kier molecular flexibility index (Phi) is 4.47. The summed E-state index contributed by atoms with van der Waals surface area (Å²) in [5, 5.41) is 4.68. The summed E-state index contributed by atoms with van der Waals surface area (Å²) < 4.78 is 5.07. The highest BCUT2D eigenvalue weighted by Gasteiger charge is 2.05. The van der Waals surface area contributed by atoms with Crippen LogP contribution in [0, 0.1) is 13.8 Å². The van der Waals surface area contributed by atoms with Crippen LogP contribution >= 0.6 is 11.3 Å². The highest BCUT2D eigenvalue weighted by molar-refractivity contribution is 7.13. The van der Waals surface area contributed by atoms with E-state index in [1.807, 2.05) is 13.8 Å². The van der Waals surface area contributed by atoms with Gasteiger partial charge in [-0.15, -0.1) is 11.3 Å². The van der Waals surface area contributed by atoms with E-state index in [0.717, 1.165) is 15.6 Å². The third kappa shape index (κ3) is 3.42. The number of aromatic nitrogens is 1. The maximum atomic E-state index is 11.9. The number of thiazole rings is 1. The molecular weight excluding hydrogens is 274 g/mol. The smallest absolute Gasteiger partial charge is 0.271 e. The summed E-state index contributed by atoms with van der Waals surface area (Å²) in [5.74, 6) is 0.345. The molecule has 0 aliphatic rings. The monoisotopic (exact) mass is 289 g/mol. The average molecular weight is 289 g/mol. The van der Waals surface area contributed by atoms with Gasteiger partial charge in [-0.2, -0.15) is 5.10 Å². The minimum atomic E-state index is -0.287. The van der Waals surface area contributed by atoms with Gasteiger partial charge in [0.05, 0.1) is 19.0 Å². The second-order valence-electron chi connectivity index (χ2n) is 4.12. The zero-order valence-corrected chi connectivity index (χ0v) is 12.3. The quantitative estimate of drug-likeness (QED) is 0.695. The Balaban J connectivity index is 2.01. The lowest BCUT2D eigenvalue weighted by Gasteiger charge is -2.02. The summed E-state index contributed by atoms with van der Waals surface area (Å²) in [6.45, 7) is 3.94. The lowest BCUT2D eigenvalue weighted by Crippen LogP contribution is -2.17. The van der Waals surface area contributed by atoms with Crippen molar-refractivity contribution in [3.8, 4) is 5.75 Å². The van der Waals surface area contributed by atoms with Gasteiger partial charge in [0.1, 0.15) is 10.8 Å². The predicted octanol–water partition coefficient (Wildman–Crippen LogP) is 2.53. The number of carbonyl (C=O) groups is 1. The standard InChI is InChI=1S/C14H15N3O2S/c1-9-10(2)20-13(16-9)8-15-17-14(18)11-5-4-6-12(7-11)19-3/h4-8H,1-3H3,(H,17,18)/b15-8-. The van der Waals surface area contributed by atoms with Gasteiger partial charge in [0.25, 0.3) is 5.91 Å². The van der Waals surface area contributed by atoms with Crippen LogP contribution in [0.25, 0.3) is 0 Å². The van der Waals surface area contributed by atoms with Gasteiger partial charge in [0.15, 0.2) is 0 Å². The zero-order chi connectivity index (χ0) is 14.5. The molecule has 0 unspecified atom stereocenters. The average Bonchev–Trinajstić information content (AvgIpc) is 2.77. The second kappa shape index (κ2) is 6.29. The SMILES string of the molecule is COc1cccc(C(=O)N/N=C\c2nc(C)c(C)s2)c1. The van der Waals surface area contributed by atoms with Crippen LogP contribution in [0.4, 0.5) is 0 Å². The van der Waals surface area contributed by atoms with Crippen molar-refractivity contribution in [2.24, 2.45) is 5.10 Å². The number of amides is 1. The number of hydrazone groups is 1. The van der Waals surface area contributed by atoms with Crippen molar-refractivity contribution in [3.05, 3.63) is 45.4 Å². The molecule has 0 aliphatic carbocycles. The Bertz CT molecular complexity index is 630. The Hall–Kier alpha value is -2.21. The van der Waals surface area contributed by atoms with Crippen molar-refractivity contribution in [2.45, 2.75) is 13.8 Å². The summed E-state index contributed by atoms with van der Waals surface area (Å²) in [4.78, 5) is 17.3. The molecule has 5 nitrogen and oxygen atoms in total. The molecular formula is C14H15N3O2S. The lowest BCUT2D eigenvalue weighted by atomic mass is 10.2. The van der Waals surface area contributed by atoms with Gasteiger partial charge >= 0.3 is 0 Å². The molecule has 1 amide bonds. The highest BCUT2D eigenvalue weighted by atomic mass is 32.1. The highest BCUT2D eigenvalue weighted by Crippen LogP contribution is 2.14. The summed E-state index contributed by atoms with van der Waals surface area (Å²) >= 11 is 1.54. The van der Waals surface area contributed by atoms with E-state index < -0.39 is 0 Å². The molecule has 6 heteroatoms. The molecule has 104 valence electrons. The fourth-order valence-corrected chi connectivity index (χ4v) is 2.32. The fraction of sp³-hybridized carbons (Fsp3) is 0.214. The number of ether oxygens (including phenoxy) is 1. The van der Waals surface area contributed by atoms with Gasteiger partial charge in [-0.1, -0.05) is 6.07 Å². The maximum Gasteiger partial charge on any atom is 0.271 e. The van der Waals surface area contributed by atoms with E-state index >= 15 is 0 Å². The number of methoxy groups -OCH3 is 1. The molecule has 1 N–H and O–H groups in total. The zero-order valence-electron chi connectivity index (χ0n) is 11.5. The fourth-order valence-electron chi connectivity index (χ4n) is 1.53. The minimum Gasteiger partial charge on any atom is -0.497 e. The first kappa shape index (κ1) is 14.2. The number of carbonyl (C=O) groups excluding carboxylic acids is 1. The molecule has 1 heterocycles. The van der Waals surface area contributed by atoms with Crippen LogP contribution in [-0.4, -0.2) is 24.2 Å². The Labute approximate surface area is 121 Å². The number of benzene rings is 1. The van der Waals surface area contributed by atoms with Crippen LogP contribution in [0.15, 0.2) is 29.4 Å². The van der Waals surface area contributed by atoms with Crippen LogP contribution in [0.3, 0.4) is 0 Å². The van der Waals surface area contributed by atoms with Gasteiger partial charge in [0.2, 0.25) is 0 Å². The van der Waals surface area contributed by atoms with Gasteiger partial charge in [-0.25, -0.2) is 10.4 Å². The van der Waals surface area contributed by atoms with Crippen LogP contribution in [0.5, 0.6) is 5.75 Å². The first-order valence-corrected chi connectivity index (χ1v) is 6.83. The maximum absolute atomic E-state index is 11.9. The van der Waals surface area contributed by atoms with Crippen molar-refractivity contribution in [1.29, 1.82) is 0 Å². The van der Waals surface area contributed by atoms with E-state index in [1.54, 1.807) is 37.6 Å². The topological polar surface area (TPSA) is 63.6 Å². The van der Waals surface area contributed by atoms with E-state index in [4.69, 9.17) is 4.74 Å². The molecule has 2 aromatic rings. The van der Waals surface area contributed by atoms with Crippen molar-refractivity contribution in [1.82, 2.24) is 10.4 Å². The van der Waals surface area contributed by atoms with Gasteiger partial charge < -0.3 is 4.74 Å². The van der Waals surface area contributed by atoms with Gasteiger partial charge in [-0.05, 0) is 32.0 Å². The van der Waals surface area contributed by atoms with Crippen LogP contribution in [0.1, 0.15) is 25.9 Å². The van der Waals surface area contributed by atoms with E-state index in [9.17, 15) is 4.79 Å². The van der Waals surface area contributed by atoms with Gasteiger partial charge in [0, 0.05) is 10.4 Å². The molecule has 1 aromatic carbocycles. The third-order valence-corrected chi connectivity index (χ3v) is 3.73. The summed E-state index contributed by atoms with van der Waals surface area (Å²) in [5.41, 5.74) is 3.94. The molecule has 0 aliphatic heterocycles. The normalized spacial score (nSPS) is 10.8. The number of aryl methyl sites for hydroxylation is 2. The van der Waals surface area contributed by atoms with Gasteiger partial charge in [-0.3, -0.25) is 4.79 Å². The molecule has 20 heavy (non-hydrogen) atoms. The number of rotatable bonds is 4. The Morgan fingerprint density at radius 1 is 1.45 bits per heavy atom. The van der Waals surface area contributed by atoms with E-state index in [1.165, 1.54) is 11.3 Å². The first-order chi connectivity index (χ1) is 9.60. The third-order valence-electron chi connectivity index (χ3n) is 2.72. The largest absolute Gasteiger partial charge is 0.497 e. The van der Waals surface area contributed by atoms with Crippen LogP contribution in [-0.2, 0) is 0 Å². The van der Waals surface area contributed by atoms with E-state index in [0.29, 0.717) is 11.3 Å². The Morgan fingerprint density at radius 2 is 2.25 bits per heavy atom.